The van der Waals surface area contributed by atoms with Gasteiger partial charge in [0.05, 0.1) is 6.61 Å². The van der Waals surface area contributed by atoms with Crippen molar-refractivity contribution in [2.45, 2.75) is 24.1 Å². The zero-order chi connectivity index (χ0) is 12.5. The third kappa shape index (κ3) is 2.40. The highest BCUT2D eigenvalue weighted by Crippen LogP contribution is 2.45. The summed E-state index contributed by atoms with van der Waals surface area (Å²) >= 11 is 10.1. The number of benzene rings is 1. The SMILES string of the molecule is Clc1cc2c(c(C(Br)C3CCOCC3)c1)OCC2. The number of fused-ring (bicyclic) bond motifs is 1. The second kappa shape index (κ2) is 5.40. The molecule has 1 unspecified atom stereocenters. The molecule has 0 spiro atoms. The largest absolute Gasteiger partial charge is 0.493 e. The molecule has 98 valence electrons. The summed E-state index contributed by atoms with van der Waals surface area (Å²) in [7, 11) is 0. The fraction of sp³-hybridized carbons (Fsp3) is 0.571. The normalized spacial score (nSPS) is 21.4. The van der Waals surface area contributed by atoms with Crippen molar-refractivity contribution in [3.8, 4) is 5.75 Å². The summed E-state index contributed by atoms with van der Waals surface area (Å²) in [4.78, 5) is 0.312. The van der Waals surface area contributed by atoms with Gasteiger partial charge in [-0.15, -0.1) is 0 Å². The van der Waals surface area contributed by atoms with Crippen LogP contribution in [-0.4, -0.2) is 19.8 Å². The van der Waals surface area contributed by atoms with Crippen molar-refractivity contribution < 1.29 is 9.47 Å². The van der Waals surface area contributed by atoms with Crippen LogP contribution in [0.5, 0.6) is 5.75 Å². The van der Waals surface area contributed by atoms with Gasteiger partial charge in [-0.2, -0.15) is 0 Å². The third-order valence-corrected chi connectivity index (χ3v) is 5.21. The highest BCUT2D eigenvalue weighted by atomic mass is 79.9. The molecule has 2 heterocycles. The predicted octanol–water partition coefficient (Wildman–Crippen LogP) is 4.14. The number of rotatable bonds is 2. The van der Waals surface area contributed by atoms with Crippen molar-refractivity contribution in [3.63, 3.8) is 0 Å². The molecule has 1 saturated heterocycles. The molecule has 0 aliphatic carbocycles. The molecule has 1 atom stereocenters. The molecule has 3 rings (SSSR count). The lowest BCUT2D eigenvalue weighted by molar-refractivity contribution is 0.0660. The molecule has 1 aromatic rings. The molecule has 0 radical (unpaired) electrons. The van der Waals surface area contributed by atoms with E-state index >= 15 is 0 Å². The minimum absolute atomic E-state index is 0.312. The van der Waals surface area contributed by atoms with Crippen molar-refractivity contribution in [1.82, 2.24) is 0 Å². The van der Waals surface area contributed by atoms with E-state index < -0.39 is 0 Å². The summed E-state index contributed by atoms with van der Waals surface area (Å²) in [6, 6.07) is 4.07. The summed E-state index contributed by atoms with van der Waals surface area (Å²) in [6.07, 6.45) is 3.16. The van der Waals surface area contributed by atoms with Gasteiger partial charge in [-0.1, -0.05) is 27.5 Å². The lowest BCUT2D eigenvalue weighted by atomic mass is 9.91. The maximum atomic E-state index is 6.21. The molecule has 0 aromatic heterocycles. The van der Waals surface area contributed by atoms with Gasteiger partial charge in [0.2, 0.25) is 0 Å². The average molecular weight is 332 g/mol. The van der Waals surface area contributed by atoms with Gasteiger partial charge in [0, 0.05) is 35.0 Å². The standard InChI is InChI=1S/C14H16BrClO2/c15-13(9-1-4-17-5-2-9)12-8-11(16)7-10-3-6-18-14(10)12/h7-9,13H,1-6H2. The Morgan fingerprint density at radius 2 is 2.00 bits per heavy atom. The van der Waals surface area contributed by atoms with Crippen LogP contribution < -0.4 is 4.74 Å². The van der Waals surface area contributed by atoms with Crippen LogP contribution in [0.3, 0.4) is 0 Å². The number of alkyl halides is 1. The molecular formula is C14H16BrClO2. The molecule has 18 heavy (non-hydrogen) atoms. The summed E-state index contributed by atoms with van der Waals surface area (Å²) in [5.41, 5.74) is 2.45. The fourth-order valence-electron chi connectivity index (χ4n) is 2.77. The number of hydrogen-bond donors (Lipinski definition) is 0. The molecule has 1 aromatic carbocycles. The molecule has 0 saturated carbocycles. The van der Waals surface area contributed by atoms with Crippen LogP contribution in [0.4, 0.5) is 0 Å². The van der Waals surface area contributed by atoms with E-state index in [9.17, 15) is 0 Å². The van der Waals surface area contributed by atoms with Crippen molar-refractivity contribution in [2.75, 3.05) is 19.8 Å². The molecule has 2 aliphatic rings. The van der Waals surface area contributed by atoms with Crippen LogP contribution in [0.25, 0.3) is 0 Å². The van der Waals surface area contributed by atoms with E-state index in [1.807, 2.05) is 12.1 Å². The van der Waals surface area contributed by atoms with E-state index in [0.717, 1.165) is 49.9 Å². The van der Waals surface area contributed by atoms with Crippen LogP contribution in [0.15, 0.2) is 12.1 Å². The quantitative estimate of drug-likeness (QED) is 0.758. The van der Waals surface area contributed by atoms with Gasteiger partial charge in [0.25, 0.3) is 0 Å². The molecular weight excluding hydrogens is 316 g/mol. The van der Waals surface area contributed by atoms with E-state index in [2.05, 4.69) is 15.9 Å². The fourth-order valence-corrected chi connectivity index (χ4v) is 3.88. The lowest BCUT2D eigenvalue weighted by Gasteiger charge is -2.27. The number of hydrogen-bond acceptors (Lipinski definition) is 2. The van der Waals surface area contributed by atoms with Crippen LogP contribution in [0, 0.1) is 5.92 Å². The summed E-state index contributed by atoms with van der Waals surface area (Å²) in [5.74, 6) is 1.65. The molecule has 0 bridgehead atoms. The van der Waals surface area contributed by atoms with Crippen molar-refractivity contribution in [1.29, 1.82) is 0 Å². The minimum atomic E-state index is 0.312. The Kier molecular flexibility index (Phi) is 3.83. The first-order valence-corrected chi connectivity index (χ1v) is 7.72. The van der Waals surface area contributed by atoms with Crippen LogP contribution in [0.1, 0.15) is 28.8 Å². The molecule has 1 fully saturated rings. The van der Waals surface area contributed by atoms with Crippen LogP contribution >= 0.6 is 27.5 Å². The first-order valence-electron chi connectivity index (χ1n) is 6.42. The Balaban J connectivity index is 1.91. The molecule has 2 aliphatic heterocycles. The smallest absolute Gasteiger partial charge is 0.127 e. The first-order chi connectivity index (χ1) is 8.75. The van der Waals surface area contributed by atoms with E-state index in [1.165, 1.54) is 11.1 Å². The van der Waals surface area contributed by atoms with Crippen molar-refractivity contribution in [3.05, 3.63) is 28.3 Å². The van der Waals surface area contributed by atoms with Gasteiger partial charge in [0.15, 0.2) is 0 Å². The van der Waals surface area contributed by atoms with Gasteiger partial charge in [-0.05, 0) is 36.5 Å². The maximum absolute atomic E-state index is 6.21. The molecule has 0 N–H and O–H groups in total. The second-order valence-electron chi connectivity index (χ2n) is 4.93. The third-order valence-electron chi connectivity index (χ3n) is 3.75. The molecule has 2 nitrogen and oxygen atoms in total. The lowest BCUT2D eigenvalue weighted by Crippen LogP contribution is -2.19. The Morgan fingerprint density at radius 1 is 1.22 bits per heavy atom. The topological polar surface area (TPSA) is 18.5 Å². The highest BCUT2D eigenvalue weighted by Gasteiger charge is 2.28. The number of ether oxygens (including phenoxy) is 2. The van der Waals surface area contributed by atoms with Crippen LogP contribution in [0.2, 0.25) is 5.02 Å². The van der Waals surface area contributed by atoms with Crippen molar-refractivity contribution in [2.24, 2.45) is 5.92 Å². The Bertz CT molecular complexity index is 444. The van der Waals surface area contributed by atoms with E-state index in [1.54, 1.807) is 0 Å². The zero-order valence-corrected chi connectivity index (χ0v) is 12.5. The zero-order valence-electron chi connectivity index (χ0n) is 10.1. The highest BCUT2D eigenvalue weighted by molar-refractivity contribution is 9.09. The van der Waals surface area contributed by atoms with Crippen LogP contribution in [-0.2, 0) is 11.2 Å². The van der Waals surface area contributed by atoms with Gasteiger partial charge >= 0.3 is 0 Å². The summed E-state index contributed by atoms with van der Waals surface area (Å²) in [6.45, 7) is 2.49. The predicted molar refractivity (Wildman–Crippen MR) is 75.9 cm³/mol. The minimum Gasteiger partial charge on any atom is -0.493 e. The van der Waals surface area contributed by atoms with Gasteiger partial charge < -0.3 is 9.47 Å². The summed E-state index contributed by atoms with van der Waals surface area (Å²) < 4.78 is 11.2. The van der Waals surface area contributed by atoms with Gasteiger partial charge in [-0.25, -0.2) is 0 Å². The summed E-state index contributed by atoms with van der Waals surface area (Å²) in [5, 5.41) is 0.811. The van der Waals surface area contributed by atoms with E-state index in [-0.39, 0.29) is 0 Å². The Labute approximate surface area is 121 Å². The monoisotopic (exact) mass is 330 g/mol. The van der Waals surface area contributed by atoms with Crippen molar-refractivity contribution >= 4 is 27.5 Å². The first kappa shape index (κ1) is 12.8. The maximum Gasteiger partial charge on any atom is 0.127 e. The second-order valence-corrected chi connectivity index (χ2v) is 6.36. The van der Waals surface area contributed by atoms with E-state index in [4.69, 9.17) is 21.1 Å². The Morgan fingerprint density at radius 3 is 2.78 bits per heavy atom. The van der Waals surface area contributed by atoms with E-state index in [0.29, 0.717) is 10.7 Å². The molecule has 4 heteroatoms. The van der Waals surface area contributed by atoms with Gasteiger partial charge in [-0.3, -0.25) is 0 Å². The number of halogens is 2. The van der Waals surface area contributed by atoms with Gasteiger partial charge in [0.1, 0.15) is 5.75 Å². The average Bonchev–Trinajstić information content (AvgIpc) is 2.86. The molecule has 0 amide bonds. The Hall–Kier alpha value is -0.250.